The first-order valence-corrected chi connectivity index (χ1v) is 5.44. The van der Waals surface area contributed by atoms with Gasteiger partial charge in [-0.05, 0) is 19.3 Å². The maximum absolute atomic E-state index is 11.6. The number of carboxylic acids is 1. The lowest BCUT2D eigenvalue weighted by Crippen LogP contribution is -2.17. The van der Waals surface area contributed by atoms with Gasteiger partial charge in [0.05, 0.1) is 0 Å². The molecule has 0 aromatic carbocycles. The fourth-order valence-corrected chi connectivity index (χ4v) is 2.01. The third-order valence-corrected chi connectivity index (χ3v) is 2.89. The summed E-state index contributed by atoms with van der Waals surface area (Å²) in [4.78, 5) is 22.0. The second-order valence-corrected chi connectivity index (χ2v) is 4.05. The summed E-state index contributed by atoms with van der Waals surface area (Å²) in [7, 11) is 0. The Balaban J connectivity index is 2.37. The molecule has 80 valence electrons. The predicted octanol–water partition coefficient (Wildman–Crippen LogP) is 2.39. The summed E-state index contributed by atoms with van der Waals surface area (Å²) in [6.45, 7) is 0. The fourth-order valence-electron chi connectivity index (χ4n) is 2.01. The number of carboxylic acid groups (broad SMARTS) is 1. The maximum atomic E-state index is 11.6. The summed E-state index contributed by atoms with van der Waals surface area (Å²) in [5, 5.41) is 8.54. The number of Topliss-reactive ketones (excluding diaryl/α,β-unsaturated/α-hetero) is 1. The van der Waals surface area contributed by atoms with Gasteiger partial charge in [-0.15, -0.1) is 0 Å². The highest BCUT2D eigenvalue weighted by Crippen LogP contribution is 2.23. The van der Waals surface area contributed by atoms with Gasteiger partial charge < -0.3 is 5.11 Å². The molecule has 1 unspecified atom stereocenters. The van der Waals surface area contributed by atoms with Crippen molar-refractivity contribution in [3.05, 3.63) is 0 Å². The maximum Gasteiger partial charge on any atom is 0.303 e. The normalized spacial score (nSPS) is 24.0. The number of ketones is 1. The van der Waals surface area contributed by atoms with Gasteiger partial charge in [-0.3, -0.25) is 9.59 Å². The van der Waals surface area contributed by atoms with Crippen LogP contribution in [0.5, 0.6) is 0 Å². The van der Waals surface area contributed by atoms with Gasteiger partial charge in [-0.1, -0.05) is 19.3 Å². The van der Waals surface area contributed by atoms with E-state index in [0.717, 1.165) is 25.7 Å². The molecule has 1 aliphatic carbocycles. The Hall–Kier alpha value is -0.860. The Morgan fingerprint density at radius 3 is 2.71 bits per heavy atom. The molecule has 1 saturated carbocycles. The zero-order valence-electron chi connectivity index (χ0n) is 8.50. The van der Waals surface area contributed by atoms with E-state index >= 15 is 0 Å². The highest BCUT2D eigenvalue weighted by Gasteiger charge is 2.20. The second kappa shape index (κ2) is 5.78. The van der Waals surface area contributed by atoms with Gasteiger partial charge in [0.15, 0.2) is 0 Å². The largest absolute Gasteiger partial charge is 0.481 e. The topological polar surface area (TPSA) is 54.4 Å². The highest BCUT2D eigenvalue weighted by molar-refractivity contribution is 5.81. The van der Waals surface area contributed by atoms with E-state index < -0.39 is 5.97 Å². The van der Waals surface area contributed by atoms with Crippen LogP contribution in [0.3, 0.4) is 0 Å². The minimum atomic E-state index is -0.792. The van der Waals surface area contributed by atoms with Gasteiger partial charge in [0, 0.05) is 18.8 Å². The molecular weight excluding hydrogens is 180 g/mol. The van der Waals surface area contributed by atoms with Gasteiger partial charge in [0.25, 0.3) is 0 Å². The van der Waals surface area contributed by atoms with E-state index in [2.05, 4.69) is 0 Å². The van der Waals surface area contributed by atoms with Gasteiger partial charge in [0.2, 0.25) is 0 Å². The standard InChI is InChI=1S/C11H18O3/c12-10-6-4-2-1-3-5-9(10)7-8-11(13)14/h9H,1-8H2,(H,13,14). The summed E-state index contributed by atoms with van der Waals surface area (Å²) < 4.78 is 0. The van der Waals surface area contributed by atoms with Crippen LogP contribution in [0.15, 0.2) is 0 Å². The van der Waals surface area contributed by atoms with Crippen LogP contribution >= 0.6 is 0 Å². The average Bonchev–Trinajstić information content (AvgIpc) is 2.10. The quantitative estimate of drug-likeness (QED) is 0.757. The van der Waals surface area contributed by atoms with E-state index in [1.165, 1.54) is 6.42 Å². The summed E-state index contributed by atoms with van der Waals surface area (Å²) in [5.41, 5.74) is 0. The van der Waals surface area contributed by atoms with Crippen LogP contribution < -0.4 is 0 Å². The van der Waals surface area contributed by atoms with E-state index in [9.17, 15) is 9.59 Å². The fraction of sp³-hybridized carbons (Fsp3) is 0.818. The van der Waals surface area contributed by atoms with E-state index in [4.69, 9.17) is 5.11 Å². The molecule has 0 bridgehead atoms. The number of carbonyl (C=O) groups excluding carboxylic acids is 1. The van der Waals surface area contributed by atoms with Crippen LogP contribution in [-0.2, 0) is 9.59 Å². The van der Waals surface area contributed by atoms with Crippen molar-refractivity contribution in [1.82, 2.24) is 0 Å². The Bertz CT molecular complexity index is 211. The van der Waals surface area contributed by atoms with Crippen molar-refractivity contribution in [2.24, 2.45) is 5.92 Å². The van der Waals surface area contributed by atoms with Crippen LogP contribution in [0.4, 0.5) is 0 Å². The molecule has 1 fully saturated rings. The molecule has 0 amide bonds. The first-order valence-electron chi connectivity index (χ1n) is 5.44. The van der Waals surface area contributed by atoms with E-state index in [-0.39, 0.29) is 18.1 Å². The van der Waals surface area contributed by atoms with Crippen LogP contribution in [0.25, 0.3) is 0 Å². The smallest absolute Gasteiger partial charge is 0.303 e. The van der Waals surface area contributed by atoms with Crippen LogP contribution in [0, 0.1) is 5.92 Å². The third kappa shape index (κ3) is 3.90. The lowest BCUT2D eigenvalue weighted by Gasteiger charge is -2.17. The highest BCUT2D eigenvalue weighted by atomic mass is 16.4. The average molecular weight is 198 g/mol. The molecular formula is C11H18O3. The number of hydrogen-bond acceptors (Lipinski definition) is 2. The van der Waals surface area contributed by atoms with Crippen molar-refractivity contribution < 1.29 is 14.7 Å². The van der Waals surface area contributed by atoms with Gasteiger partial charge in [0.1, 0.15) is 5.78 Å². The first-order chi connectivity index (χ1) is 6.70. The van der Waals surface area contributed by atoms with Crippen LogP contribution in [0.2, 0.25) is 0 Å². The Labute approximate surface area is 84.5 Å². The molecule has 3 nitrogen and oxygen atoms in total. The summed E-state index contributed by atoms with van der Waals surface area (Å²) >= 11 is 0. The lowest BCUT2D eigenvalue weighted by atomic mass is 9.87. The van der Waals surface area contributed by atoms with E-state index in [1.807, 2.05) is 0 Å². The van der Waals surface area contributed by atoms with Gasteiger partial charge >= 0.3 is 5.97 Å². The van der Waals surface area contributed by atoms with E-state index in [1.54, 1.807) is 0 Å². The first kappa shape index (κ1) is 11.2. The Morgan fingerprint density at radius 1 is 1.29 bits per heavy atom. The second-order valence-electron chi connectivity index (χ2n) is 4.05. The molecule has 0 radical (unpaired) electrons. The number of hydrogen-bond donors (Lipinski definition) is 1. The molecule has 0 heterocycles. The summed E-state index contributed by atoms with van der Waals surface area (Å²) in [6, 6.07) is 0. The van der Waals surface area contributed by atoms with Gasteiger partial charge in [-0.2, -0.15) is 0 Å². The molecule has 0 saturated heterocycles. The number of rotatable bonds is 3. The van der Waals surface area contributed by atoms with Crippen LogP contribution in [0.1, 0.15) is 51.4 Å². The minimum Gasteiger partial charge on any atom is -0.481 e. The molecule has 0 aliphatic heterocycles. The van der Waals surface area contributed by atoms with Crippen molar-refractivity contribution in [1.29, 1.82) is 0 Å². The number of carbonyl (C=O) groups is 2. The van der Waals surface area contributed by atoms with Crippen molar-refractivity contribution in [2.75, 3.05) is 0 Å². The predicted molar refractivity (Wildman–Crippen MR) is 53.1 cm³/mol. The van der Waals surface area contributed by atoms with Crippen molar-refractivity contribution in [3.8, 4) is 0 Å². The zero-order chi connectivity index (χ0) is 10.4. The van der Waals surface area contributed by atoms with Crippen molar-refractivity contribution in [3.63, 3.8) is 0 Å². The van der Waals surface area contributed by atoms with Crippen LogP contribution in [-0.4, -0.2) is 16.9 Å². The third-order valence-electron chi connectivity index (χ3n) is 2.89. The number of aliphatic carboxylic acids is 1. The molecule has 1 rings (SSSR count). The molecule has 3 heteroatoms. The Morgan fingerprint density at radius 2 is 2.00 bits per heavy atom. The van der Waals surface area contributed by atoms with E-state index in [0.29, 0.717) is 12.8 Å². The zero-order valence-corrected chi connectivity index (χ0v) is 8.50. The minimum absolute atomic E-state index is 0.0198. The molecule has 1 aliphatic rings. The summed E-state index contributed by atoms with van der Waals surface area (Å²) in [6.07, 6.45) is 6.63. The lowest BCUT2D eigenvalue weighted by molar-refractivity contribution is -0.137. The molecule has 1 N–H and O–H groups in total. The van der Waals surface area contributed by atoms with Crippen molar-refractivity contribution >= 4 is 11.8 Å². The van der Waals surface area contributed by atoms with Gasteiger partial charge in [-0.25, -0.2) is 0 Å². The molecule has 14 heavy (non-hydrogen) atoms. The summed E-state index contributed by atoms with van der Waals surface area (Å²) in [5.74, 6) is -0.489. The Kier molecular flexibility index (Phi) is 4.63. The van der Waals surface area contributed by atoms with Crippen molar-refractivity contribution in [2.45, 2.75) is 51.4 Å². The SMILES string of the molecule is O=C(O)CCC1CCCCCCC1=O. The molecule has 1 atom stereocenters. The monoisotopic (exact) mass is 198 g/mol. The molecule has 0 spiro atoms. The molecule has 0 aromatic heterocycles. The molecule has 0 aromatic rings.